The minimum absolute atomic E-state index is 0.150. The van der Waals surface area contributed by atoms with Gasteiger partial charge in [0.25, 0.3) is 0 Å². The van der Waals surface area contributed by atoms with Crippen molar-refractivity contribution in [1.29, 1.82) is 0 Å². The van der Waals surface area contributed by atoms with Crippen LogP contribution in [0, 0.1) is 0 Å². The molecule has 0 fully saturated rings. The van der Waals surface area contributed by atoms with Crippen molar-refractivity contribution in [3.8, 4) is 5.75 Å². The molecule has 0 heterocycles. The standard InChI is InChI=1S/C11H16Cl2N2O2/c12-9-2-1-3-10(11(9)13)17-7-8(16)6-15-5-4-14/h1-3,8,15-16H,4-7,14H2. The predicted octanol–water partition coefficient (Wildman–Crippen LogP) is 1.28. The Balaban J connectivity index is 2.37. The molecule has 0 aliphatic heterocycles. The smallest absolute Gasteiger partial charge is 0.139 e. The van der Waals surface area contributed by atoms with Gasteiger partial charge in [0.15, 0.2) is 0 Å². The molecule has 0 radical (unpaired) electrons. The van der Waals surface area contributed by atoms with E-state index < -0.39 is 6.10 Å². The molecule has 0 amide bonds. The molecule has 6 heteroatoms. The maximum absolute atomic E-state index is 9.59. The molecule has 0 aromatic heterocycles. The zero-order valence-corrected chi connectivity index (χ0v) is 10.8. The van der Waals surface area contributed by atoms with Crippen LogP contribution in [0.15, 0.2) is 18.2 Å². The summed E-state index contributed by atoms with van der Waals surface area (Å²) in [6.45, 7) is 1.77. The average Bonchev–Trinajstić information content (AvgIpc) is 2.31. The van der Waals surface area contributed by atoms with E-state index in [0.29, 0.717) is 35.4 Å². The Morgan fingerprint density at radius 2 is 2.18 bits per heavy atom. The van der Waals surface area contributed by atoms with E-state index in [1.807, 2.05) is 0 Å². The van der Waals surface area contributed by atoms with E-state index in [-0.39, 0.29) is 6.61 Å². The molecule has 0 aliphatic rings. The number of ether oxygens (including phenoxy) is 1. The summed E-state index contributed by atoms with van der Waals surface area (Å²) in [5.74, 6) is 0.469. The number of hydrogen-bond donors (Lipinski definition) is 3. The van der Waals surface area contributed by atoms with E-state index in [1.54, 1.807) is 18.2 Å². The van der Waals surface area contributed by atoms with Crippen LogP contribution >= 0.6 is 23.2 Å². The number of hydrogen-bond acceptors (Lipinski definition) is 4. The van der Waals surface area contributed by atoms with Crippen molar-refractivity contribution in [2.75, 3.05) is 26.2 Å². The Bertz CT molecular complexity index is 350. The van der Waals surface area contributed by atoms with Crippen molar-refractivity contribution in [3.63, 3.8) is 0 Å². The fourth-order valence-electron chi connectivity index (χ4n) is 1.21. The van der Waals surface area contributed by atoms with Crippen LogP contribution in [0.5, 0.6) is 5.75 Å². The maximum Gasteiger partial charge on any atom is 0.139 e. The van der Waals surface area contributed by atoms with E-state index in [0.717, 1.165) is 0 Å². The van der Waals surface area contributed by atoms with Crippen LogP contribution in [0.1, 0.15) is 0 Å². The molecule has 0 aliphatic carbocycles. The normalized spacial score (nSPS) is 12.5. The molecule has 1 rings (SSSR count). The van der Waals surface area contributed by atoms with Crippen molar-refractivity contribution in [1.82, 2.24) is 5.32 Å². The SMILES string of the molecule is NCCNCC(O)COc1cccc(Cl)c1Cl. The fraction of sp³-hybridized carbons (Fsp3) is 0.455. The van der Waals surface area contributed by atoms with E-state index in [4.69, 9.17) is 33.7 Å². The van der Waals surface area contributed by atoms with Crippen molar-refractivity contribution in [2.45, 2.75) is 6.10 Å². The van der Waals surface area contributed by atoms with Crippen LogP contribution in [0.4, 0.5) is 0 Å². The van der Waals surface area contributed by atoms with E-state index in [9.17, 15) is 5.11 Å². The molecule has 0 spiro atoms. The average molecular weight is 279 g/mol. The zero-order chi connectivity index (χ0) is 12.7. The summed E-state index contributed by atoms with van der Waals surface area (Å²) in [7, 11) is 0. The van der Waals surface area contributed by atoms with Crippen LogP contribution in [0.2, 0.25) is 10.0 Å². The predicted molar refractivity (Wildman–Crippen MR) is 69.9 cm³/mol. The number of nitrogens with two attached hydrogens (primary N) is 1. The van der Waals surface area contributed by atoms with Gasteiger partial charge in [0.1, 0.15) is 23.5 Å². The highest BCUT2D eigenvalue weighted by atomic mass is 35.5. The molecular formula is C11H16Cl2N2O2. The molecule has 1 unspecified atom stereocenters. The van der Waals surface area contributed by atoms with Gasteiger partial charge in [-0.3, -0.25) is 0 Å². The van der Waals surface area contributed by atoms with E-state index >= 15 is 0 Å². The maximum atomic E-state index is 9.59. The van der Waals surface area contributed by atoms with Gasteiger partial charge in [-0.1, -0.05) is 29.3 Å². The van der Waals surface area contributed by atoms with Crippen molar-refractivity contribution >= 4 is 23.2 Å². The molecule has 0 saturated heterocycles. The lowest BCUT2D eigenvalue weighted by Gasteiger charge is -2.14. The molecule has 4 nitrogen and oxygen atoms in total. The van der Waals surface area contributed by atoms with Crippen molar-refractivity contribution < 1.29 is 9.84 Å². The van der Waals surface area contributed by atoms with Crippen LogP contribution in [-0.4, -0.2) is 37.5 Å². The van der Waals surface area contributed by atoms with Crippen LogP contribution in [-0.2, 0) is 0 Å². The van der Waals surface area contributed by atoms with Gasteiger partial charge in [-0.25, -0.2) is 0 Å². The summed E-state index contributed by atoms with van der Waals surface area (Å²) in [6, 6.07) is 5.12. The van der Waals surface area contributed by atoms with E-state index in [2.05, 4.69) is 5.32 Å². The second kappa shape index (κ2) is 7.74. The van der Waals surface area contributed by atoms with Crippen LogP contribution in [0.3, 0.4) is 0 Å². The topological polar surface area (TPSA) is 67.5 Å². The van der Waals surface area contributed by atoms with Crippen LogP contribution in [0.25, 0.3) is 0 Å². The molecular weight excluding hydrogens is 263 g/mol. The number of benzene rings is 1. The number of nitrogens with one attached hydrogen (secondary N) is 1. The van der Waals surface area contributed by atoms with Gasteiger partial charge in [0.05, 0.1) is 5.02 Å². The summed E-state index contributed by atoms with van der Waals surface area (Å²) in [5.41, 5.74) is 5.31. The summed E-state index contributed by atoms with van der Waals surface area (Å²) < 4.78 is 5.37. The van der Waals surface area contributed by atoms with Crippen molar-refractivity contribution in [2.24, 2.45) is 5.73 Å². The largest absolute Gasteiger partial charge is 0.489 e. The first-order valence-corrected chi connectivity index (χ1v) is 6.06. The summed E-state index contributed by atoms with van der Waals surface area (Å²) in [5, 5.41) is 13.4. The summed E-state index contributed by atoms with van der Waals surface area (Å²) >= 11 is 11.8. The third-order valence-electron chi connectivity index (χ3n) is 2.05. The first kappa shape index (κ1) is 14.5. The second-order valence-electron chi connectivity index (χ2n) is 3.51. The highest BCUT2D eigenvalue weighted by Gasteiger charge is 2.08. The Morgan fingerprint density at radius 3 is 2.88 bits per heavy atom. The fourth-order valence-corrected chi connectivity index (χ4v) is 1.56. The molecule has 0 saturated carbocycles. The van der Waals surface area contributed by atoms with Gasteiger partial charge in [-0.05, 0) is 12.1 Å². The van der Waals surface area contributed by atoms with E-state index in [1.165, 1.54) is 0 Å². The quantitative estimate of drug-likeness (QED) is 0.658. The molecule has 1 aromatic rings. The van der Waals surface area contributed by atoms with Gasteiger partial charge in [0, 0.05) is 19.6 Å². The first-order valence-electron chi connectivity index (χ1n) is 5.30. The lowest BCUT2D eigenvalue weighted by molar-refractivity contribution is 0.107. The summed E-state index contributed by atoms with van der Waals surface area (Å²) in [4.78, 5) is 0. The van der Waals surface area contributed by atoms with Gasteiger partial charge in [-0.15, -0.1) is 0 Å². The highest BCUT2D eigenvalue weighted by molar-refractivity contribution is 6.42. The molecule has 96 valence electrons. The molecule has 4 N–H and O–H groups in total. The third-order valence-corrected chi connectivity index (χ3v) is 2.85. The molecule has 1 atom stereocenters. The zero-order valence-electron chi connectivity index (χ0n) is 9.33. The second-order valence-corrected chi connectivity index (χ2v) is 4.29. The first-order chi connectivity index (χ1) is 8.15. The number of aliphatic hydroxyl groups excluding tert-OH is 1. The van der Waals surface area contributed by atoms with Gasteiger partial charge in [0.2, 0.25) is 0 Å². The van der Waals surface area contributed by atoms with Crippen molar-refractivity contribution in [3.05, 3.63) is 28.2 Å². The monoisotopic (exact) mass is 278 g/mol. The van der Waals surface area contributed by atoms with Gasteiger partial charge >= 0.3 is 0 Å². The minimum Gasteiger partial charge on any atom is -0.489 e. The summed E-state index contributed by atoms with van der Waals surface area (Å²) in [6.07, 6.45) is -0.614. The third kappa shape index (κ3) is 5.10. The molecule has 17 heavy (non-hydrogen) atoms. The highest BCUT2D eigenvalue weighted by Crippen LogP contribution is 2.31. The minimum atomic E-state index is -0.614. The van der Waals surface area contributed by atoms with Gasteiger partial charge in [-0.2, -0.15) is 0 Å². The Kier molecular flexibility index (Phi) is 6.62. The lowest BCUT2D eigenvalue weighted by Crippen LogP contribution is -2.34. The number of rotatable bonds is 7. The Labute approximate surface area is 111 Å². The van der Waals surface area contributed by atoms with Gasteiger partial charge < -0.3 is 20.9 Å². The molecule has 0 bridgehead atoms. The van der Waals surface area contributed by atoms with Crippen LogP contribution < -0.4 is 15.8 Å². The Morgan fingerprint density at radius 1 is 1.41 bits per heavy atom. The number of halogens is 2. The number of aliphatic hydroxyl groups is 1. The molecule has 1 aromatic carbocycles. The lowest BCUT2D eigenvalue weighted by atomic mass is 10.3. The Hall–Kier alpha value is -0.520.